The van der Waals surface area contributed by atoms with Crippen molar-refractivity contribution in [2.45, 2.75) is 55.6 Å². The molecule has 2 heteroatoms. The van der Waals surface area contributed by atoms with Gasteiger partial charge in [0.25, 0.3) is 0 Å². The van der Waals surface area contributed by atoms with E-state index in [1.165, 1.54) is 25.7 Å². The van der Waals surface area contributed by atoms with Gasteiger partial charge in [0.2, 0.25) is 0 Å². The lowest BCUT2D eigenvalue weighted by Gasteiger charge is -2.24. The predicted octanol–water partition coefficient (Wildman–Crippen LogP) is 4.12. The first-order valence-electron chi connectivity index (χ1n) is 6.39. The minimum atomic E-state index is 0.334. The third-order valence-corrected chi connectivity index (χ3v) is 4.81. The van der Waals surface area contributed by atoms with E-state index in [1.54, 1.807) is 0 Å². The van der Waals surface area contributed by atoms with Crippen LogP contribution in [0.5, 0.6) is 0 Å². The van der Waals surface area contributed by atoms with Crippen molar-refractivity contribution >= 4 is 11.8 Å². The molecule has 0 aromatic carbocycles. The van der Waals surface area contributed by atoms with E-state index in [0.29, 0.717) is 10.1 Å². The van der Waals surface area contributed by atoms with E-state index in [4.69, 9.17) is 0 Å². The van der Waals surface area contributed by atoms with Gasteiger partial charge in [0.15, 0.2) is 0 Å². The largest absolute Gasteiger partial charge is 0.304 e. The molecule has 1 saturated heterocycles. The summed E-state index contributed by atoms with van der Waals surface area (Å²) in [6, 6.07) is 0. The highest BCUT2D eigenvalue weighted by Gasteiger charge is 2.37. The summed E-state index contributed by atoms with van der Waals surface area (Å²) in [6.45, 7) is 11.1. The molecule has 0 bridgehead atoms. The van der Waals surface area contributed by atoms with E-state index >= 15 is 0 Å². The van der Waals surface area contributed by atoms with Gasteiger partial charge in [0, 0.05) is 11.3 Å². The molecule has 92 valence electrons. The molecule has 0 radical (unpaired) electrons. The van der Waals surface area contributed by atoms with Crippen molar-refractivity contribution in [1.29, 1.82) is 0 Å². The minimum Gasteiger partial charge on any atom is -0.304 e. The van der Waals surface area contributed by atoms with Gasteiger partial charge in [0.05, 0.1) is 5.37 Å². The Morgan fingerprint density at radius 3 is 2.56 bits per heavy atom. The smallest absolute Gasteiger partial charge is 0.0538 e. The van der Waals surface area contributed by atoms with Crippen LogP contribution in [0.2, 0.25) is 0 Å². The third kappa shape index (κ3) is 3.99. The van der Waals surface area contributed by atoms with Gasteiger partial charge in [-0.1, -0.05) is 38.3 Å². The van der Waals surface area contributed by atoms with E-state index in [2.05, 4.69) is 37.2 Å². The summed E-state index contributed by atoms with van der Waals surface area (Å²) in [5, 5.41) is 4.29. The standard InChI is InChI=1S/C14H25NS/c1-4-7-8-9-13-15-12-14(16-13,10-5-2)11-6-3/h5-6,13,15H,2-4,7-12H2,1H3. The van der Waals surface area contributed by atoms with Crippen LogP contribution in [0.1, 0.15) is 45.4 Å². The molecule has 1 N–H and O–H groups in total. The van der Waals surface area contributed by atoms with Gasteiger partial charge in [-0.25, -0.2) is 0 Å². The summed E-state index contributed by atoms with van der Waals surface area (Å²) in [5.74, 6) is 0. The first-order chi connectivity index (χ1) is 7.76. The number of hydrogen-bond acceptors (Lipinski definition) is 2. The van der Waals surface area contributed by atoms with Crippen molar-refractivity contribution in [3.8, 4) is 0 Å². The number of rotatable bonds is 8. The van der Waals surface area contributed by atoms with Gasteiger partial charge in [-0.15, -0.1) is 24.9 Å². The molecule has 1 rings (SSSR count). The summed E-state index contributed by atoms with van der Waals surface area (Å²) in [7, 11) is 0. The van der Waals surface area contributed by atoms with Gasteiger partial charge in [-0.2, -0.15) is 0 Å². The summed E-state index contributed by atoms with van der Waals surface area (Å²) in [5.41, 5.74) is 0. The molecule has 1 aliphatic heterocycles. The Balaban J connectivity index is 2.39. The third-order valence-electron chi connectivity index (χ3n) is 3.15. The summed E-state index contributed by atoms with van der Waals surface area (Å²) >= 11 is 2.10. The normalized spacial score (nSPS) is 23.2. The van der Waals surface area contributed by atoms with Crippen molar-refractivity contribution in [2.24, 2.45) is 0 Å². The lowest BCUT2D eigenvalue weighted by molar-refractivity contribution is 0.539. The van der Waals surface area contributed by atoms with Crippen LogP contribution in [0.15, 0.2) is 25.3 Å². The molecular formula is C14H25NS. The van der Waals surface area contributed by atoms with Crippen molar-refractivity contribution in [3.63, 3.8) is 0 Å². The maximum Gasteiger partial charge on any atom is 0.0538 e. The molecule has 0 aromatic rings. The second-order valence-corrected chi connectivity index (χ2v) is 6.32. The highest BCUT2D eigenvalue weighted by atomic mass is 32.2. The van der Waals surface area contributed by atoms with Gasteiger partial charge >= 0.3 is 0 Å². The molecule has 0 amide bonds. The second-order valence-electron chi connectivity index (χ2n) is 4.65. The van der Waals surface area contributed by atoms with E-state index in [9.17, 15) is 0 Å². The van der Waals surface area contributed by atoms with Crippen LogP contribution in [-0.4, -0.2) is 16.7 Å². The molecule has 0 aliphatic carbocycles. The lowest BCUT2D eigenvalue weighted by Crippen LogP contribution is -2.28. The van der Waals surface area contributed by atoms with Crippen LogP contribution in [0, 0.1) is 0 Å². The number of unbranched alkanes of at least 4 members (excludes halogenated alkanes) is 2. The Labute approximate surface area is 105 Å². The van der Waals surface area contributed by atoms with Crippen LogP contribution in [0.25, 0.3) is 0 Å². The number of thioether (sulfide) groups is 1. The Morgan fingerprint density at radius 1 is 1.31 bits per heavy atom. The van der Waals surface area contributed by atoms with Crippen LogP contribution >= 0.6 is 11.8 Å². The monoisotopic (exact) mass is 239 g/mol. The fraction of sp³-hybridized carbons (Fsp3) is 0.714. The highest BCUT2D eigenvalue weighted by molar-refractivity contribution is 8.01. The van der Waals surface area contributed by atoms with E-state index in [1.807, 2.05) is 12.2 Å². The Kier molecular flexibility index (Phi) is 6.22. The van der Waals surface area contributed by atoms with Gasteiger partial charge in [-0.3, -0.25) is 0 Å². The fourth-order valence-corrected chi connectivity index (χ4v) is 3.93. The summed E-state index contributed by atoms with van der Waals surface area (Å²) < 4.78 is 0.334. The highest BCUT2D eigenvalue weighted by Crippen LogP contribution is 2.41. The fourth-order valence-electron chi connectivity index (χ4n) is 2.28. The minimum absolute atomic E-state index is 0.334. The average Bonchev–Trinajstić information content (AvgIpc) is 2.64. The van der Waals surface area contributed by atoms with Crippen molar-refractivity contribution in [1.82, 2.24) is 5.32 Å². The molecule has 1 nitrogen and oxygen atoms in total. The molecule has 0 spiro atoms. The molecule has 1 fully saturated rings. The van der Waals surface area contributed by atoms with Crippen LogP contribution in [0.3, 0.4) is 0 Å². The molecule has 1 heterocycles. The molecule has 0 saturated carbocycles. The molecule has 1 atom stereocenters. The molecule has 16 heavy (non-hydrogen) atoms. The Morgan fingerprint density at radius 2 is 2.00 bits per heavy atom. The van der Waals surface area contributed by atoms with E-state index in [-0.39, 0.29) is 0 Å². The predicted molar refractivity (Wildman–Crippen MR) is 75.9 cm³/mol. The summed E-state index contributed by atoms with van der Waals surface area (Å²) in [6.07, 6.45) is 11.6. The van der Waals surface area contributed by atoms with Crippen LogP contribution in [0.4, 0.5) is 0 Å². The van der Waals surface area contributed by atoms with Gasteiger partial charge in [0.1, 0.15) is 0 Å². The zero-order valence-electron chi connectivity index (χ0n) is 10.5. The van der Waals surface area contributed by atoms with Crippen molar-refractivity contribution in [2.75, 3.05) is 6.54 Å². The van der Waals surface area contributed by atoms with Crippen molar-refractivity contribution < 1.29 is 0 Å². The van der Waals surface area contributed by atoms with E-state index < -0.39 is 0 Å². The Hall–Kier alpha value is -0.210. The number of nitrogens with one attached hydrogen (secondary N) is 1. The molecule has 0 aromatic heterocycles. The first-order valence-corrected chi connectivity index (χ1v) is 7.27. The second kappa shape index (κ2) is 7.18. The SMILES string of the molecule is C=CCC1(CC=C)CNC(CCCCC)S1. The first kappa shape index (κ1) is 13.9. The van der Waals surface area contributed by atoms with Crippen molar-refractivity contribution in [3.05, 3.63) is 25.3 Å². The van der Waals surface area contributed by atoms with Crippen LogP contribution in [-0.2, 0) is 0 Å². The molecular weight excluding hydrogens is 214 g/mol. The molecule has 1 aliphatic rings. The molecule has 1 unspecified atom stereocenters. The van der Waals surface area contributed by atoms with E-state index in [0.717, 1.165) is 19.4 Å². The van der Waals surface area contributed by atoms with Crippen LogP contribution < -0.4 is 5.32 Å². The average molecular weight is 239 g/mol. The maximum absolute atomic E-state index is 3.88. The maximum atomic E-state index is 3.88. The quantitative estimate of drug-likeness (QED) is 0.505. The lowest BCUT2D eigenvalue weighted by atomic mass is 10.0. The zero-order valence-corrected chi connectivity index (χ0v) is 11.3. The summed E-state index contributed by atoms with van der Waals surface area (Å²) in [4.78, 5) is 0. The number of allylic oxidation sites excluding steroid dienone is 2. The van der Waals surface area contributed by atoms with Gasteiger partial charge in [-0.05, 0) is 19.3 Å². The number of hydrogen-bond donors (Lipinski definition) is 1. The zero-order chi connectivity index (χ0) is 11.9. The topological polar surface area (TPSA) is 12.0 Å². The van der Waals surface area contributed by atoms with Gasteiger partial charge < -0.3 is 5.32 Å². The Bertz CT molecular complexity index is 215.